The summed E-state index contributed by atoms with van der Waals surface area (Å²) in [5.74, 6) is 1.31. The van der Waals surface area contributed by atoms with Gasteiger partial charge in [0.15, 0.2) is 0 Å². The van der Waals surface area contributed by atoms with Crippen molar-refractivity contribution in [3.8, 4) is 0 Å². The van der Waals surface area contributed by atoms with E-state index in [1.807, 2.05) is 23.1 Å². The fourth-order valence-electron chi connectivity index (χ4n) is 4.00. The van der Waals surface area contributed by atoms with Crippen molar-refractivity contribution in [2.75, 3.05) is 31.1 Å². The Kier molecular flexibility index (Phi) is 4.68. The lowest BCUT2D eigenvalue weighted by atomic mass is 9.94. The highest BCUT2D eigenvalue weighted by Gasteiger charge is 2.29. The van der Waals surface area contributed by atoms with Crippen LogP contribution in [0.5, 0.6) is 0 Å². The second-order valence-corrected chi connectivity index (χ2v) is 7.02. The van der Waals surface area contributed by atoms with Crippen molar-refractivity contribution in [2.45, 2.75) is 38.0 Å². The molecule has 1 N–H and O–H groups in total. The lowest BCUT2D eigenvalue weighted by molar-refractivity contribution is 0.0706. The molecule has 6 nitrogen and oxygen atoms in total. The molecule has 1 amide bonds. The van der Waals surface area contributed by atoms with E-state index in [2.05, 4.69) is 20.1 Å². The molecule has 2 aromatic rings. The van der Waals surface area contributed by atoms with Crippen LogP contribution in [0.3, 0.4) is 0 Å². The minimum atomic E-state index is 0.109. The average Bonchev–Trinajstić information content (AvgIpc) is 3.23. The third-order valence-corrected chi connectivity index (χ3v) is 5.34. The van der Waals surface area contributed by atoms with Crippen LogP contribution in [0.15, 0.2) is 30.6 Å². The van der Waals surface area contributed by atoms with E-state index in [0.717, 1.165) is 56.1 Å². The maximum absolute atomic E-state index is 13.2. The second kappa shape index (κ2) is 7.25. The molecule has 0 bridgehead atoms. The van der Waals surface area contributed by atoms with Gasteiger partial charge in [0.2, 0.25) is 0 Å². The highest BCUT2D eigenvalue weighted by atomic mass is 16.2. The Morgan fingerprint density at radius 3 is 2.76 bits per heavy atom. The Labute approximate surface area is 148 Å². The summed E-state index contributed by atoms with van der Waals surface area (Å²) in [6.07, 6.45) is 9.32. The zero-order valence-electron chi connectivity index (χ0n) is 14.5. The number of anilines is 1. The number of carbonyl (C=O) groups is 1. The molecule has 2 aromatic heterocycles. The molecule has 4 heterocycles. The number of amides is 1. The van der Waals surface area contributed by atoms with Crippen LogP contribution in [0.2, 0.25) is 0 Å². The van der Waals surface area contributed by atoms with Crippen LogP contribution in [0.25, 0.3) is 0 Å². The number of likely N-dealkylation sites (tertiary alicyclic amines) is 1. The topological polar surface area (TPSA) is 65.1 Å². The van der Waals surface area contributed by atoms with Gasteiger partial charge < -0.3 is 9.80 Å². The van der Waals surface area contributed by atoms with Gasteiger partial charge in [0.25, 0.3) is 5.91 Å². The first-order chi connectivity index (χ1) is 12.3. The average molecular weight is 339 g/mol. The number of hydrogen-bond acceptors (Lipinski definition) is 4. The molecular formula is C19H25N5O. The van der Waals surface area contributed by atoms with Crippen LogP contribution in [0, 0.1) is 0 Å². The summed E-state index contributed by atoms with van der Waals surface area (Å²) in [5.41, 5.74) is 1.87. The minimum absolute atomic E-state index is 0.109. The van der Waals surface area contributed by atoms with E-state index < -0.39 is 0 Å². The van der Waals surface area contributed by atoms with Crippen LogP contribution in [0.4, 0.5) is 5.82 Å². The van der Waals surface area contributed by atoms with Gasteiger partial charge in [-0.2, -0.15) is 5.10 Å². The number of nitrogens with zero attached hydrogens (tertiary/aromatic N) is 4. The summed E-state index contributed by atoms with van der Waals surface area (Å²) in [7, 11) is 0. The molecule has 1 atom stereocenters. The summed E-state index contributed by atoms with van der Waals surface area (Å²) in [4.78, 5) is 22.0. The lowest BCUT2D eigenvalue weighted by Gasteiger charge is -2.34. The van der Waals surface area contributed by atoms with Crippen molar-refractivity contribution in [1.82, 2.24) is 20.1 Å². The van der Waals surface area contributed by atoms with Gasteiger partial charge >= 0.3 is 0 Å². The Balaban J connectivity index is 1.54. The van der Waals surface area contributed by atoms with E-state index in [4.69, 9.17) is 0 Å². The van der Waals surface area contributed by atoms with Crippen LogP contribution in [0.1, 0.15) is 54.1 Å². The molecule has 0 aromatic carbocycles. The highest BCUT2D eigenvalue weighted by Crippen LogP contribution is 2.28. The molecule has 132 valence electrons. The molecule has 1 unspecified atom stereocenters. The SMILES string of the molecule is O=C(c1cccnc1N1CCCCC1)N1CCCC(c2ccn[nH]2)C1. The Hall–Kier alpha value is -2.37. The fraction of sp³-hybridized carbons (Fsp3) is 0.526. The first kappa shape index (κ1) is 16.1. The summed E-state index contributed by atoms with van der Waals surface area (Å²) in [6, 6.07) is 5.82. The van der Waals surface area contributed by atoms with E-state index >= 15 is 0 Å². The van der Waals surface area contributed by atoms with Crippen molar-refractivity contribution in [1.29, 1.82) is 0 Å². The van der Waals surface area contributed by atoms with Gasteiger partial charge in [0.05, 0.1) is 5.56 Å². The van der Waals surface area contributed by atoms with Gasteiger partial charge in [-0.15, -0.1) is 0 Å². The molecular weight excluding hydrogens is 314 g/mol. The van der Waals surface area contributed by atoms with E-state index in [1.54, 1.807) is 12.4 Å². The smallest absolute Gasteiger partial charge is 0.257 e. The number of hydrogen-bond donors (Lipinski definition) is 1. The van der Waals surface area contributed by atoms with E-state index in [9.17, 15) is 4.79 Å². The highest BCUT2D eigenvalue weighted by molar-refractivity contribution is 5.99. The minimum Gasteiger partial charge on any atom is -0.356 e. The van der Waals surface area contributed by atoms with E-state index in [-0.39, 0.29) is 5.91 Å². The second-order valence-electron chi connectivity index (χ2n) is 7.02. The zero-order chi connectivity index (χ0) is 17.1. The number of carbonyl (C=O) groups excluding carboxylic acids is 1. The third-order valence-electron chi connectivity index (χ3n) is 5.34. The molecule has 2 fully saturated rings. The van der Waals surface area contributed by atoms with Crippen LogP contribution < -0.4 is 4.90 Å². The number of nitrogens with one attached hydrogen (secondary N) is 1. The summed E-state index contributed by atoms with van der Waals surface area (Å²) in [6.45, 7) is 3.55. The molecule has 0 aliphatic carbocycles. The summed E-state index contributed by atoms with van der Waals surface area (Å²) >= 11 is 0. The molecule has 4 rings (SSSR count). The molecule has 2 aliphatic rings. The third kappa shape index (κ3) is 3.38. The monoisotopic (exact) mass is 339 g/mol. The van der Waals surface area contributed by atoms with Crippen molar-refractivity contribution in [3.05, 3.63) is 41.9 Å². The summed E-state index contributed by atoms with van der Waals surface area (Å²) in [5, 5.41) is 7.12. The van der Waals surface area contributed by atoms with Gasteiger partial charge in [0, 0.05) is 50.2 Å². The predicted octanol–water partition coefficient (Wildman–Crippen LogP) is 2.81. The standard InChI is InChI=1S/C19H25N5O/c25-19(24-13-5-6-15(14-24)17-8-10-21-22-17)16-7-4-9-20-18(16)23-11-2-1-3-12-23/h4,7-10,15H,1-3,5-6,11-14H2,(H,21,22). The normalized spacial score (nSPS) is 21.4. The van der Waals surface area contributed by atoms with Crippen LogP contribution in [-0.4, -0.2) is 52.2 Å². The van der Waals surface area contributed by atoms with Crippen LogP contribution >= 0.6 is 0 Å². The quantitative estimate of drug-likeness (QED) is 0.934. The molecule has 0 radical (unpaired) electrons. The van der Waals surface area contributed by atoms with Gasteiger partial charge in [-0.1, -0.05) is 0 Å². The molecule has 0 spiro atoms. The lowest BCUT2D eigenvalue weighted by Crippen LogP contribution is -2.40. The maximum Gasteiger partial charge on any atom is 0.257 e. The van der Waals surface area contributed by atoms with Crippen molar-refractivity contribution in [2.24, 2.45) is 0 Å². The maximum atomic E-state index is 13.2. The van der Waals surface area contributed by atoms with Gasteiger partial charge in [-0.3, -0.25) is 9.89 Å². The van der Waals surface area contributed by atoms with Crippen LogP contribution in [-0.2, 0) is 0 Å². The van der Waals surface area contributed by atoms with Gasteiger partial charge in [0.1, 0.15) is 5.82 Å². The first-order valence-corrected chi connectivity index (χ1v) is 9.31. The molecule has 2 aliphatic heterocycles. The number of pyridine rings is 1. The molecule has 6 heteroatoms. The largest absolute Gasteiger partial charge is 0.356 e. The van der Waals surface area contributed by atoms with Crippen molar-refractivity contribution in [3.63, 3.8) is 0 Å². The summed E-state index contributed by atoms with van der Waals surface area (Å²) < 4.78 is 0. The Morgan fingerprint density at radius 2 is 1.96 bits per heavy atom. The number of H-pyrrole nitrogens is 1. The Morgan fingerprint density at radius 1 is 1.08 bits per heavy atom. The number of aromatic nitrogens is 3. The van der Waals surface area contributed by atoms with Gasteiger partial charge in [-0.05, 0) is 50.3 Å². The zero-order valence-corrected chi connectivity index (χ0v) is 14.5. The first-order valence-electron chi connectivity index (χ1n) is 9.31. The predicted molar refractivity (Wildman–Crippen MR) is 96.8 cm³/mol. The fourth-order valence-corrected chi connectivity index (χ4v) is 4.00. The van der Waals surface area contributed by atoms with Crippen molar-refractivity contribution < 1.29 is 4.79 Å². The molecule has 25 heavy (non-hydrogen) atoms. The number of aromatic amines is 1. The van der Waals surface area contributed by atoms with E-state index in [0.29, 0.717) is 5.92 Å². The molecule has 2 saturated heterocycles. The van der Waals surface area contributed by atoms with E-state index in [1.165, 1.54) is 19.3 Å². The van der Waals surface area contributed by atoms with Crippen molar-refractivity contribution >= 4 is 11.7 Å². The number of rotatable bonds is 3. The number of piperidine rings is 2. The molecule has 0 saturated carbocycles. The Bertz CT molecular complexity index is 708. The van der Waals surface area contributed by atoms with Gasteiger partial charge in [-0.25, -0.2) is 4.98 Å².